The minimum Gasteiger partial charge on any atom is -0.508 e. The molecule has 166 valence electrons. The number of amides is 1. The van der Waals surface area contributed by atoms with Crippen molar-refractivity contribution in [2.75, 3.05) is 24.7 Å². The van der Waals surface area contributed by atoms with Gasteiger partial charge in [0.1, 0.15) is 11.3 Å². The van der Waals surface area contributed by atoms with Gasteiger partial charge in [-0.05, 0) is 37.5 Å². The van der Waals surface area contributed by atoms with Crippen LogP contribution in [0.2, 0.25) is 0 Å². The third-order valence-electron chi connectivity index (χ3n) is 4.84. The van der Waals surface area contributed by atoms with Gasteiger partial charge in [0, 0.05) is 36.4 Å². The summed E-state index contributed by atoms with van der Waals surface area (Å²) in [5.74, 6) is 6.88. The molecule has 3 rings (SSSR count). The topological polar surface area (TPSA) is 127 Å². The molecule has 0 spiro atoms. The molecule has 11 heteroatoms. The van der Waals surface area contributed by atoms with Crippen LogP contribution in [-0.2, 0) is 17.0 Å². The number of aromatic hydroxyl groups is 1. The number of carbonyl (C=O) groups excluding carboxylic acids is 1. The van der Waals surface area contributed by atoms with Crippen LogP contribution in [-0.4, -0.2) is 49.6 Å². The molecule has 3 N–H and O–H groups in total. The van der Waals surface area contributed by atoms with Crippen LogP contribution in [0.1, 0.15) is 31.9 Å². The van der Waals surface area contributed by atoms with Crippen LogP contribution < -0.4 is 11.5 Å². The molecule has 31 heavy (non-hydrogen) atoms. The first-order chi connectivity index (χ1) is 14.9. The highest BCUT2D eigenvalue weighted by Crippen LogP contribution is 2.30. The van der Waals surface area contributed by atoms with Crippen LogP contribution in [0.15, 0.2) is 37.7 Å². The van der Waals surface area contributed by atoms with Crippen LogP contribution in [0.5, 0.6) is 5.75 Å². The molecular weight excluding hydrogens is 438 g/mol. The summed E-state index contributed by atoms with van der Waals surface area (Å²) in [6.07, 6.45) is 0.650. The van der Waals surface area contributed by atoms with E-state index in [1.165, 1.54) is 40.3 Å². The number of nitrogens with zero attached hydrogens (tertiary/aromatic N) is 4. The van der Waals surface area contributed by atoms with Gasteiger partial charge in [0.2, 0.25) is 16.2 Å². The zero-order chi connectivity index (χ0) is 22.5. The van der Waals surface area contributed by atoms with Gasteiger partial charge in [-0.15, -0.1) is 10.2 Å². The van der Waals surface area contributed by atoms with Crippen molar-refractivity contribution in [3.05, 3.63) is 39.7 Å². The van der Waals surface area contributed by atoms with Crippen LogP contribution in [0.3, 0.4) is 0 Å². The Morgan fingerprint density at radius 2 is 1.81 bits per heavy atom. The SMILES string of the molecule is CCc1cc2c(CSc3nnc(SCC(=O)N(CC)CC)n3N)cc(=O)oc2cc1O. The predicted molar refractivity (Wildman–Crippen MR) is 122 cm³/mol. The maximum atomic E-state index is 12.2. The zero-order valence-corrected chi connectivity index (χ0v) is 19.3. The van der Waals surface area contributed by atoms with Gasteiger partial charge in [0.15, 0.2) is 0 Å². The smallest absolute Gasteiger partial charge is 0.336 e. The molecule has 2 aromatic heterocycles. The summed E-state index contributed by atoms with van der Waals surface area (Å²) in [5.41, 5.74) is 1.36. The molecule has 0 unspecified atom stereocenters. The summed E-state index contributed by atoms with van der Waals surface area (Å²) >= 11 is 2.56. The second-order valence-corrected chi connectivity index (χ2v) is 8.58. The molecule has 0 aliphatic heterocycles. The minimum atomic E-state index is -0.493. The third-order valence-corrected chi connectivity index (χ3v) is 6.76. The van der Waals surface area contributed by atoms with Crippen LogP contribution in [0.25, 0.3) is 11.0 Å². The lowest BCUT2D eigenvalue weighted by Crippen LogP contribution is -2.32. The van der Waals surface area contributed by atoms with E-state index in [0.717, 1.165) is 16.5 Å². The average Bonchev–Trinajstić information content (AvgIpc) is 3.10. The predicted octanol–water partition coefficient (Wildman–Crippen LogP) is 2.62. The Balaban J connectivity index is 1.76. The number of aryl methyl sites for hydroxylation is 1. The highest BCUT2D eigenvalue weighted by atomic mass is 32.2. The monoisotopic (exact) mass is 463 g/mol. The third kappa shape index (κ3) is 5.16. The lowest BCUT2D eigenvalue weighted by atomic mass is 10.1. The number of aromatic nitrogens is 3. The Morgan fingerprint density at radius 1 is 1.13 bits per heavy atom. The van der Waals surface area contributed by atoms with Gasteiger partial charge in [-0.25, -0.2) is 9.47 Å². The largest absolute Gasteiger partial charge is 0.508 e. The van der Waals surface area contributed by atoms with E-state index in [-0.39, 0.29) is 17.4 Å². The number of fused-ring (bicyclic) bond motifs is 1. The second-order valence-electron chi connectivity index (χ2n) is 6.70. The van der Waals surface area contributed by atoms with Crippen molar-refractivity contribution in [1.29, 1.82) is 0 Å². The first-order valence-electron chi connectivity index (χ1n) is 9.90. The van der Waals surface area contributed by atoms with Crippen molar-refractivity contribution in [2.45, 2.75) is 43.3 Å². The molecule has 0 atom stereocenters. The fourth-order valence-electron chi connectivity index (χ4n) is 3.11. The van der Waals surface area contributed by atoms with E-state index in [2.05, 4.69) is 10.2 Å². The average molecular weight is 464 g/mol. The van der Waals surface area contributed by atoms with E-state index in [0.29, 0.717) is 41.2 Å². The first-order valence-corrected chi connectivity index (χ1v) is 11.9. The number of thioether (sulfide) groups is 2. The van der Waals surface area contributed by atoms with Crippen molar-refractivity contribution in [1.82, 2.24) is 19.8 Å². The van der Waals surface area contributed by atoms with E-state index < -0.39 is 5.63 Å². The molecule has 0 aliphatic carbocycles. The van der Waals surface area contributed by atoms with E-state index >= 15 is 0 Å². The zero-order valence-electron chi connectivity index (χ0n) is 17.6. The van der Waals surface area contributed by atoms with Gasteiger partial charge < -0.3 is 20.3 Å². The van der Waals surface area contributed by atoms with Crippen molar-refractivity contribution in [3.8, 4) is 5.75 Å². The summed E-state index contributed by atoms with van der Waals surface area (Å²) in [5, 5.41) is 19.9. The quantitative estimate of drug-likeness (QED) is 0.279. The number of phenolic OH excluding ortho intramolecular Hbond substituents is 1. The van der Waals surface area contributed by atoms with Gasteiger partial charge in [-0.2, -0.15) is 0 Å². The van der Waals surface area contributed by atoms with Gasteiger partial charge in [0.05, 0.1) is 5.75 Å². The lowest BCUT2D eigenvalue weighted by Gasteiger charge is -2.17. The summed E-state index contributed by atoms with van der Waals surface area (Å²) in [4.78, 5) is 25.9. The first kappa shape index (κ1) is 23.0. The maximum Gasteiger partial charge on any atom is 0.336 e. The van der Waals surface area contributed by atoms with Crippen LogP contribution >= 0.6 is 23.5 Å². The normalized spacial score (nSPS) is 11.2. The molecule has 9 nitrogen and oxygen atoms in total. The molecule has 0 saturated heterocycles. The van der Waals surface area contributed by atoms with Gasteiger partial charge in [-0.3, -0.25) is 4.79 Å². The lowest BCUT2D eigenvalue weighted by molar-refractivity contribution is -0.127. The molecule has 0 bridgehead atoms. The number of phenols is 1. The Labute approximate surface area is 188 Å². The van der Waals surface area contributed by atoms with Gasteiger partial charge in [-0.1, -0.05) is 30.4 Å². The number of rotatable bonds is 9. The molecule has 0 aliphatic rings. The fraction of sp³-hybridized carbons (Fsp3) is 0.400. The summed E-state index contributed by atoms with van der Waals surface area (Å²) < 4.78 is 6.58. The van der Waals surface area contributed by atoms with Crippen molar-refractivity contribution in [2.24, 2.45) is 0 Å². The van der Waals surface area contributed by atoms with Crippen LogP contribution in [0.4, 0.5) is 0 Å². The van der Waals surface area contributed by atoms with Crippen molar-refractivity contribution < 1.29 is 14.3 Å². The number of hydrogen-bond donors (Lipinski definition) is 2. The van der Waals surface area contributed by atoms with E-state index in [9.17, 15) is 14.7 Å². The molecule has 1 aromatic carbocycles. The molecule has 3 aromatic rings. The molecule has 2 heterocycles. The Morgan fingerprint density at radius 3 is 2.45 bits per heavy atom. The van der Waals surface area contributed by atoms with Crippen molar-refractivity contribution >= 4 is 40.4 Å². The standard InChI is InChI=1S/C20H25N5O4S2/c1-4-12-7-14-13(8-18(28)29-16(14)9-15(12)26)10-30-19-22-23-20(25(19)21)31-11-17(27)24(5-2)6-3/h7-9,26H,4-6,10-11,21H2,1-3H3. The van der Waals surface area contributed by atoms with Crippen molar-refractivity contribution in [3.63, 3.8) is 0 Å². The highest BCUT2D eigenvalue weighted by Gasteiger charge is 2.16. The highest BCUT2D eigenvalue weighted by molar-refractivity contribution is 8.00. The van der Waals surface area contributed by atoms with E-state index in [1.54, 1.807) is 4.90 Å². The number of hydrogen-bond acceptors (Lipinski definition) is 9. The Hall–Kier alpha value is -2.66. The molecule has 0 radical (unpaired) electrons. The molecule has 1 amide bonds. The minimum absolute atomic E-state index is 0.0182. The van der Waals surface area contributed by atoms with Gasteiger partial charge in [0.25, 0.3) is 0 Å². The van der Waals surface area contributed by atoms with Crippen LogP contribution in [0, 0.1) is 0 Å². The molecule has 0 saturated carbocycles. The second kappa shape index (κ2) is 10.1. The fourth-order valence-corrected chi connectivity index (χ4v) is 4.77. The molecule has 0 fully saturated rings. The summed E-state index contributed by atoms with van der Waals surface area (Å²) in [7, 11) is 0. The Bertz CT molecular complexity index is 1140. The number of benzene rings is 1. The molecular formula is C20H25N5O4S2. The number of carbonyl (C=O) groups is 1. The maximum absolute atomic E-state index is 12.2. The van der Waals surface area contributed by atoms with E-state index in [1.807, 2.05) is 26.8 Å². The summed E-state index contributed by atoms with van der Waals surface area (Å²) in [6, 6.07) is 4.73. The Kier molecular flexibility index (Phi) is 7.50. The number of nitrogens with two attached hydrogens (primary N) is 1. The summed E-state index contributed by atoms with van der Waals surface area (Å²) in [6.45, 7) is 7.12. The number of nitrogen functional groups attached to an aromatic ring is 1. The van der Waals surface area contributed by atoms with E-state index in [4.69, 9.17) is 10.3 Å². The van der Waals surface area contributed by atoms with Gasteiger partial charge >= 0.3 is 5.63 Å².